The molecule has 0 saturated heterocycles. The molecule has 21 heavy (non-hydrogen) atoms. The molecular formula is C17H25BrN2O. The van der Waals surface area contributed by atoms with Gasteiger partial charge in [0.1, 0.15) is 0 Å². The molecule has 2 N–H and O–H groups in total. The highest BCUT2D eigenvalue weighted by atomic mass is 79.9. The predicted octanol–water partition coefficient (Wildman–Crippen LogP) is 3.94. The third-order valence-electron chi connectivity index (χ3n) is 4.59. The minimum atomic E-state index is -0.00399. The van der Waals surface area contributed by atoms with Crippen molar-refractivity contribution in [3.63, 3.8) is 0 Å². The first kappa shape index (κ1) is 16.5. The van der Waals surface area contributed by atoms with E-state index in [1.807, 2.05) is 38.2 Å². The molecule has 0 heterocycles. The van der Waals surface area contributed by atoms with E-state index in [9.17, 15) is 4.79 Å². The van der Waals surface area contributed by atoms with E-state index in [0.29, 0.717) is 6.42 Å². The van der Waals surface area contributed by atoms with Crippen LogP contribution in [0.5, 0.6) is 0 Å². The minimum Gasteiger partial charge on any atom is -0.349 e. The summed E-state index contributed by atoms with van der Waals surface area (Å²) in [6.45, 7) is 2.03. The Morgan fingerprint density at radius 3 is 2.57 bits per heavy atom. The molecule has 0 aromatic heterocycles. The van der Waals surface area contributed by atoms with Gasteiger partial charge in [-0.2, -0.15) is 0 Å². The van der Waals surface area contributed by atoms with Crippen LogP contribution in [-0.4, -0.2) is 18.5 Å². The first-order valence-electron chi connectivity index (χ1n) is 7.79. The van der Waals surface area contributed by atoms with Crippen molar-refractivity contribution in [3.05, 3.63) is 34.3 Å². The standard InChI is InChI=1S/C17H25BrN2O/c1-13(14-8-4-5-9-15(14)18)20-16(21)12-17(19-2)10-6-3-7-11-17/h4-5,8-9,13,19H,3,6-7,10-12H2,1-2H3,(H,20,21)/t13-/m0/s1. The average Bonchev–Trinajstić information content (AvgIpc) is 2.48. The van der Waals surface area contributed by atoms with Crippen molar-refractivity contribution < 1.29 is 4.79 Å². The Labute approximate surface area is 136 Å². The van der Waals surface area contributed by atoms with Gasteiger partial charge in [-0.15, -0.1) is 0 Å². The number of carbonyl (C=O) groups is 1. The van der Waals surface area contributed by atoms with Gasteiger partial charge in [0.25, 0.3) is 0 Å². The third-order valence-corrected chi connectivity index (χ3v) is 5.31. The molecule has 1 atom stereocenters. The number of halogens is 1. The number of amides is 1. The Morgan fingerprint density at radius 2 is 1.95 bits per heavy atom. The Balaban J connectivity index is 1.96. The maximum atomic E-state index is 12.4. The number of hydrogen-bond donors (Lipinski definition) is 2. The molecule has 116 valence electrons. The highest BCUT2D eigenvalue weighted by molar-refractivity contribution is 9.10. The highest BCUT2D eigenvalue weighted by Crippen LogP contribution is 2.31. The fraction of sp³-hybridized carbons (Fsp3) is 0.588. The Bertz CT molecular complexity index is 483. The second-order valence-electron chi connectivity index (χ2n) is 6.08. The highest BCUT2D eigenvalue weighted by Gasteiger charge is 2.32. The summed E-state index contributed by atoms with van der Waals surface area (Å²) in [6.07, 6.45) is 6.49. The normalized spacial score (nSPS) is 19.0. The Kier molecular flexibility index (Phi) is 5.82. The molecule has 0 radical (unpaired) electrons. The van der Waals surface area contributed by atoms with Gasteiger partial charge in [0.05, 0.1) is 6.04 Å². The molecule has 1 aliphatic rings. The molecule has 0 bridgehead atoms. The van der Waals surface area contributed by atoms with E-state index in [1.165, 1.54) is 19.3 Å². The number of rotatable bonds is 5. The van der Waals surface area contributed by atoms with E-state index in [2.05, 4.69) is 26.6 Å². The zero-order valence-electron chi connectivity index (χ0n) is 12.9. The van der Waals surface area contributed by atoms with Gasteiger partial charge < -0.3 is 10.6 Å². The second kappa shape index (κ2) is 7.41. The van der Waals surface area contributed by atoms with Crippen LogP contribution in [0.3, 0.4) is 0 Å². The molecule has 0 spiro atoms. The van der Waals surface area contributed by atoms with Gasteiger partial charge in [-0.05, 0) is 38.4 Å². The van der Waals surface area contributed by atoms with Gasteiger partial charge in [-0.25, -0.2) is 0 Å². The van der Waals surface area contributed by atoms with Crippen molar-refractivity contribution in [1.29, 1.82) is 0 Å². The lowest BCUT2D eigenvalue weighted by Gasteiger charge is -2.37. The van der Waals surface area contributed by atoms with Gasteiger partial charge >= 0.3 is 0 Å². The van der Waals surface area contributed by atoms with Crippen LogP contribution < -0.4 is 10.6 Å². The van der Waals surface area contributed by atoms with E-state index in [-0.39, 0.29) is 17.5 Å². The van der Waals surface area contributed by atoms with Crippen LogP contribution in [0.25, 0.3) is 0 Å². The molecule has 1 aromatic rings. The molecule has 0 aliphatic heterocycles. The van der Waals surface area contributed by atoms with Crippen molar-refractivity contribution in [2.75, 3.05) is 7.05 Å². The maximum absolute atomic E-state index is 12.4. The molecule has 1 aromatic carbocycles. The van der Waals surface area contributed by atoms with Crippen LogP contribution in [0.4, 0.5) is 0 Å². The molecule has 1 saturated carbocycles. The van der Waals surface area contributed by atoms with Crippen LogP contribution in [0.2, 0.25) is 0 Å². The van der Waals surface area contributed by atoms with E-state index in [1.54, 1.807) is 0 Å². The molecule has 1 aliphatic carbocycles. The average molecular weight is 353 g/mol. The predicted molar refractivity (Wildman–Crippen MR) is 90.2 cm³/mol. The summed E-state index contributed by atoms with van der Waals surface area (Å²) >= 11 is 3.55. The monoisotopic (exact) mass is 352 g/mol. The van der Waals surface area contributed by atoms with Gasteiger partial charge in [0.15, 0.2) is 0 Å². The fourth-order valence-corrected chi connectivity index (χ4v) is 3.88. The quantitative estimate of drug-likeness (QED) is 0.842. The summed E-state index contributed by atoms with van der Waals surface area (Å²) < 4.78 is 1.04. The second-order valence-corrected chi connectivity index (χ2v) is 6.93. The molecule has 0 unspecified atom stereocenters. The summed E-state index contributed by atoms with van der Waals surface area (Å²) in [5.74, 6) is 0.134. The first-order valence-corrected chi connectivity index (χ1v) is 8.58. The fourth-order valence-electron chi connectivity index (χ4n) is 3.25. The topological polar surface area (TPSA) is 41.1 Å². The number of benzene rings is 1. The number of nitrogens with one attached hydrogen (secondary N) is 2. The van der Waals surface area contributed by atoms with Crippen molar-refractivity contribution in [2.45, 2.75) is 57.0 Å². The largest absolute Gasteiger partial charge is 0.349 e. The summed E-state index contributed by atoms with van der Waals surface area (Å²) in [6, 6.07) is 8.06. The van der Waals surface area contributed by atoms with Crippen LogP contribution in [0.15, 0.2) is 28.7 Å². The summed E-state index contributed by atoms with van der Waals surface area (Å²) in [5, 5.41) is 6.54. The van der Waals surface area contributed by atoms with Crippen molar-refractivity contribution in [2.24, 2.45) is 0 Å². The van der Waals surface area contributed by atoms with E-state index in [0.717, 1.165) is 22.9 Å². The van der Waals surface area contributed by atoms with Crippen LogP contribution in [-0.2, 0) is 4.79 Å². The lowest BCUT2D eigenvalue weighted by atomic mass is 9.79. The lowest BCUT2D eigenvalue weighted by molar-refractivity contribution is -0.123. The van der Waals surface area contributed by atoms with E-state index >= 15 is 0 Å². The van der Waals surface area contributed by atoms with Crippen LogP contribution >= 0.6 is 15.9 Å². The van der Waals surface area contributed by atoms with E-state index in [4.69, 9.17) is 0 Å². The van der Waals surface area contributed by atoms with Gasteiger partial charge in [-0.3, -0.25) is 4.79 Å². The lowest BCUT2D eigenvalue weighted by Crippen LogP contribution is -2.48. The third kappa shape index (κ3) is 4.30. The zero-order valence-corrected chi connectivity index (χ0v) is 14.5. The summed E-state index contributed by atoms with van der Waals surface area (Å²) in [7, 11) is 1.98. The molecule has 4 heteroatoms. The van der Waals surface area contributed by atoms with Crippen molar-refractivity contribution in [1.82, 2.24) is 10.6 Å². The molecule has 3 nitrogen and oxygen atoms in total. The zero-order chi connectivity index (χ0) is 15.3. The van der Waals surface area contributed by atoms with E-state index < -0.39 is 0 Å². The molecule has 1 fully saturated rings. The van der Waals surface area contributed by atoms with Crippen LogP contribution in [0, 0.1) is 0 Å². The SMILES string of the molecule is CNC1(CC(=O)N[C@@H](C)c2ccccc2Br)CCCCC1. The summed E-state index contributed by atoms with van der Waals surface area (Å²) in [5.41, 5.74) is 1.11. The van der Waals surface area contributed by atoms with Crippen molar-refractivity contribution in [3.8, 4) is 0 Å². The van der Waals surface area contributed by atoms with Crippen molar-refractivity contribution >= 4 is 21.8 Å². The molecule has 1 amide bonds. The molecule has 2 rings (SSSR count). The van der Waals surface area contributed by atoms with Gasteiger partial charge in [-0.1, -0.05) is 53.4 Å². The van der Waals surface area contributed by atoms with Gasteiger partial charge in [0, 0.05) is 16.4 Å². The minimum absolute atomic E-state index is 0.00399. The number of hydrogen-bond acceptors (Lipinski definition) is 2. The Hall–Kier alpha value is -0.870. The first-order chi connectivity index (χ1) is 10.1. The smallest absolute Gasteiger partial charge is 0.222 e. The number of carbonyl (C=O) groups excluding carboxylic acids is 1. The Morgan fingerprint density at radius 1 is 1.29 bits per heavy atom. The van der Waals surface area contributed by atoms with Gasteiger partial charge in [0.2, 0.25) is 5.91 Å². The summed E-state index contributed by atoms with van der Waals surface area (Å²) in [4.78, 5) is 12.4. The molecular weight excluding hydrogens is 328 g/mol. The van der Waals surface area contributed by atoms with Crippen LogP contribution in [0.1, 0.15) is 57.1 Å². The maximum Gasteiger partial charge on any atom is 0.222 e.